The molecule has 0 aliphatic heterocycles. The maximum atomic E-state index is 10.2. The summed E-state index contributed by atoms with van der Waals surface area (Å²) in [6.45, 7) is 6.64. The van der Waals surface area contributed by atoms with Crippen LogP contribution >= 0.6 is 0 Å². The number of carboxylic acid groups (broad SMARTS) is 1. The van der Waals surface area contributed by atoms with Crippen molar-refractivity contribution in [3.05, 3.63) is 0 Å². The molecular formula is C8H18N2O2. The Hall–Kier alpha value is -0.770. The summed E-state index contributed by atoms with van der Waals surface area (Å²) in [4.78, 5) is 10.2. The Balaban J connectivity index is 3.92. The van der Waals surface area contributed by atoms with E-state index in [9.17, 15) is 4.79 Å². The molecule has 0 bridgehead atoms. The van der Waals surface area contributed by atoms with E-state index in [1.807, 2.05) is 7.05 Å². The van der Waals surface area contributed by atoms with Crippen LogP contribution in [0.3, 0.4) is 0 Å². The molecule has 0 saturated carbocycles. The molecule has 12 heavy (non-hydrogen) atoms. The Kier molecular flexibility index (Phi) is 4.03. The van der Waals surface area contributed by atoms with Crippen LogP contribution in [0.1, 0.15) is 20.8 Å². The Morgan fingerprint density at radius 1 is 1.50 bits per heavy atom. The first-order chi connectivity index (χ1) is 5.38. The van der Waals surface area contributed by atoms with E-state index in [2.05, 4.69) is 31.4 Å². The van der Waals surface area contributed by atoms with Crippen molar-refractivity contribution < 1.29 is 9.90 Å². The maximum Gasteiger partial charge on any atom is 0.404 e. The Morgan fingerprint density at radius 2 is 2.00 bits per heavy atom. The van der Waals surface area contributed by atoms with Gasteiger partial charge >= 0.3 is 6.09 Å². The smallest absolute Gasteiger partial charge is 0.404 e. The lowest BCUT2D eigenvalue weighted by Crippen LogP contribution is -2.46. The summed E-state index contributed by atoms with van der Waals surface area (Å²) >= 11 is 0. The number of nitrogens with one attached hydrogen (secondary N) is 2. The van der Waals surface area contributed by atoms with Gasteiger partial charge < -0.3 is 15.7 Å². The average Bonchev–Trinajstić information content (AvgIpc) is 1.85. The topological polar surface area (TPSA) is 61.4 Å². The molecule has 0 spiro atoms. The standard InChI is InChI=1S/C8H18N2O2/c1-8(2,3)6(9-4)5-10-7(11)12/h6,9-10H,5H2,1-4H3,(H,11,12). The molecule has 0 aromatic heterocycles. The predicted molar refractivity (Wildman–Crippen MR) is 48.3 cm³/mol. The Labute approximate surface area is 73.3 Å². The van der Waals surface area contributed by atoms with Crippen molar-refractivity contribution in [2.75, 3.05) is 13.6 Å². The van der Waals surface area contributed by atoms with E-state index in [1.165, 1.54) is 0 Å². The third-order valence-electron chi connectivity index (χ3n) is 1.85. The van der Waals surface area contributed by atoms with E-state index in [0.717, 1.165) is 0 Å². The van der Waals surface area contributed by atoms with Crippen LogP contribution in [0.15, 0.2) is 0 Å². The molecule has 72 valence electrons. The molecule has 0 fully saturated rings. The van der Waals surface area contributed by atoms with Crippen molar-refractivity contribution in [2.45, 2.75) is 26.8 Å². The molecular weight excluding hydrogens is 156 g/mol. The first kappa shape index (κ1) is 11.2. The molecule has 0 aliphatic carbocycles. The van der Waals surface area contributed by atoms with Gasteiger partial charge in [-0.15, -0.1) is 0 Å². The zero-order valence-electron chi connectivity index (χ0n) is 8.14. The summed E-state index contributed by atoms with van der Waals surface area (Å²) in [7, 11) is 1.83. The second-order valence-electron chi connectivity index (χ2n) is 3.89. The van der Waals surface area contributed by atoms with Crippen molar-refractivity contribution in [3.8, 4) is 0 Å². The Morgan fingerprint density at radius 3 is 2.25 bits per heavy atom. The molecule has 0 radical (unpaired) electrons. The van der Waals surface area contributed by atoms with E-state index in [4.69, 9.17) is 5.11 Å². The highest BCUT2D eigenvalue weighted by atomic mass is 16.4. The van der Waals surface area contributed by atoms with Crippen LogP contribution in [0.5, 0.6) is 0 Å². The lowest BCUT2D eigenvalue weighted by molar-refractivity contribution is 0.188. The molecule has 3 N–H and O–H groups in total. The van der Waals surface area contributed by atoms with E-state index in [1.54, 1.807) is 0 Å². The normalized spacial score (nSPS) is 14.0. The van der Waals surface area contributed by atoms with Crippen molar-refractivity contribution >= 4 is 6.09 Å². The van der Waals surface area contributed by atoms with Crippen molar-refractivity contribution in [3.63, 3.8) is 0 Å². The van der Waals surface area contributed by atoms with Crippen LogP contribution in [-0.2, 0) is 0 Å². The van der Waals surface area contributed by atoms with Crippen LogP contribution in [0.25, 0.3) is 0 Å². The van der Waals surface area contributed by atoms with E-state index in [0.29, 0.717) is 6.54 Å². The van der Waals surface area contributed by atoms with Gasteiger partial charge in [-0.3, -0.25) is 0 Å². The number of rotatable bonds is 3. The lowest BCUT2D eigenvalue weighted by atomic mass is 9.87. The Bertz CT molecular complexity index is 152. The number of carbonyl (C=O) groups is 1. The molecule has 0 saturated heterocycles. The largest absolute Gasteiger partial charge is 0.465 e. The SMILES string of the molecule is CNC(CNC(=O)O)C(C)(C)C. The van der Waals surface area contributed by atoms with E-state index < -0.39 is 6.09 Å². The molecule has 0 rings (SSSR count). The number of likely N-dealkylation sites (N-methyl/N-ethyl adjacent to an activating group) is 1. The molecule has 0 heterocycles. The summed E-state index contributed by atoms with van der Waals surface area (Å²) in [6, 6.07) is 0.161. The summed E-state index contributed by atoms with van der Waals surface area (Å²) in [5.74, 6) is 0. The zero-order valence-corrected chi connectivity index (χ0v) is 8.14. The highest BCUT2D eigenvalue weighted by Crippen LogP contribution is 2.17. The van der Waals surface area contributed by atoms with Gasteiger partial charge in [-0.25, -0.2) is 4.79 Å². The molecule has 4 nitrogen and oxygen atoms in total. The van der Waals surface area contributed by atoms with Crippen molar-refractivity contribution in [1.82, 2.24) is 10.6 Å². The molecule has 1 amide bonds. The zero-order chi connectivity index (χ0) is 9.78. The van der Waals surface area contributed by atoms with Crippen LogP contribution in [-0.4, -0.2) is 30.8 Å². The van der Waals surface area contributed by atoms with E-state index >= 15 is 0 Å². The molecule has 4 heteroatoms. The van der Waals surface area contributed by atoms with Crippen molar-refractivity contribution in [1.29, 1.82) is 0 Å². The van der Waals surface area contributed by atoms with Gasteiger partial charge in [0.15, 0.2) is 0 Å². The molecule has 1 unspecified atom stereocenters. The fourth-order valence-corrected chi connectivity index (χ4v) is 1.03. The third kappa shape index (κ3) is 4.18. The first-order valence-corrected chi connectivity index (χ1v) is 4.02. The third-order valence-corrected chi connectivity index (χ3v) is 1.85. The number of amides is 1. The quantitative estimate of drug-likeness (QED) is 0.595. The minimum absolute atomic E-state index is 0.0667. The summed E-state index contributed by atoms with van der Waals surface area (Å²) in [5.41, 5.74) is 0.0667. The highest BCUT2D eigenvalue weighted by Gasteiger charge is 2.22. The molecule has 0 aliphatic rings. The molecule has 0 aromatic rings. The van der Waals surface area contributed by atoms with Crippen molar-refractivity contribution in [2.24, 2.45) is 5.41 Å². The van der Waals surface area contributed by atoms with Crippen LogP contribution in [0, 0.1) is 5.41 Å². The lowest BCUT2D eigenvalue weighted by Gasteiger charge is -2.30. The van der Waals surface area contributed by atoms with Gasteiger partial charge in [0, 0.05) is 12.6 Å². The van der Waals surface area contributed by atoms with Gasteiger partial charge in [0.2, 0.25) is 0 Å². The minimum atomic E-state index is -0.973. The average molecular weight is 174 g/mol. The van der Waals surface area contributed by atoms with Crippen LogP contribution in [0.2, 0.25) is 0 Å². The predicted octanol–water partition coefficient (Wildman–Crippen LogP) is 0.888. The fourth-order valence-electron chi connectivity index (χ4n) is 1.03. The van der Waals surface area contributed by atoms with E-state index in [-0.39, 0.29) is 11.5 Å². The maximum absolute atomic E-state index is 10.2. The summed E-state index contributed by atoms with van der Waals surface area (Å²) in [5, 5.41) is 13.8. The van der Waals surface area contributed by atoms with Crippen LogP contribution < -0.4 is 10.6 Å². The summed E-state index contributed by atoms with van der Waals surface area (Å²) in [6.07, 6.45) is -0.973. The fraction of sp³-hybridized carbons (Fsp3) is 0.875. The molecule has 1 atom stereocenters. The number of hydrogen-bond donors (Lipinski definition) is 3. The molecule has 0 aromatic carbocycles. The van der Waals surface area contributed by atoms with Crippen LogP contribution in [0.4, 0.5) is 4.79 Å². The minimum Gasteiger partial charge on any atom is -0.465 e. The van der Waals surface area contributed by atoms with Gasteiger partial charge in [0.25, 0.3) is 0 Å². The number of hydrogen-bond acceptors (Lipinski definition) is 2. The van der Waals surface area contributed by atoms with Gasteiger partial charge in [0.05, 0.1) is 0 Å². The van der Waals surface area contributed by atoms with Gasteiger partial charge in [0.1, 0.15) is 0 Å². The monoisotopic (exact) mass is 174 g/mol. The van der Waals surface area contributed by atoms with Gasteiger partial charge in [-0.2, -0.15) is 0 Å². The van der Waals surface area contributed by atoms with Gasteiger partial charge in [-0.1, -0.05) is 20.8 Å². The summed E-state index contributed by atoms with van der Waals surface area (Å²) < 4.78 is 0. The first-order valence-electron chi connectivity index (χ1n) is 4.02. The highest BCUT2D eigenvalue weighted by molar-refractivity contribution is 5.64. The second kappa shape index (κ2) is 4.30. The van der Waals surface area contributed by atoms with Gasteiger partial charge in [-0.05, 0) is 12.5 Å². The second-order valence-corrected chi connectivity index (χ2v) is 3.89.